The molecule has 5 rings (SSSR count). The lowest BCUT2D eigenvalue weighted by molar-refractivity contribution is -0.162. The van der Waals surface area contributed by atoms with E-state index in [4.69, 9.17) is 0 Å². The smallest absolute Gasteiger partial charge is 0.0261 e. The minimum atomic E-state index is 0.665. The molecule has 0 saturated heterocycles. The molecule has 5 fully saturated rings. The van der Waals surface area contributed by atoms with E-state index in [1.54, 1.807) is 70.6 Å². The van der Waals surface area contributed by atoms with Gasteiger partial charge < -0.3 is 0 Å². The first-order valence-corrected chi connectivity index (χ1v) is 15.3. The zero-order valence-electron chi connectivity index (χ0n) is 22.6. The number of hydrogen-bond donors (Lipinski definition) is 0. The van der Waals surface area contributed by atoms with Crippen LogP contribution in [0.25, 0.3) is 0 Å². The quantitative estimate of drug-likeness (QED) is 0.399. The molecule has 0 heteroatoms. The molecule has 0 heterocycles. The van der Waals surface area contributed by atoms with E-state index >= 15 is 0 Å². The van der Waals surface area contributed by atoms with Crippen molar-refractivity contribution < 1.29 is 0 Å². The van der Waals surface area contributed by atoms with E-state index in [2.05, 4.69) is 34.6 Å². The molecular formula is C32H56. The fourth-order valence-electron chi connectivity index (χ4n) is 11.7. The van der Waals surface area contributed by atoms with Crippen LogP contribution >= 0.6 is 0 Å². The highest BCUT2D eigenvalue weighted by molar-refractivity contribution is 5.12. The normalized spacial score (nSPS) is 46.5. The van der Waals surface area contributed by atoms with Crippen LogP contribution in [0.1, 0.15) is 144 Å². The summed E-state index contributed by atoms with van der Waals surface area (Å²) in [4.78, 5) is 0. The van der Waals surface area contributed by atoms with Crippen LogP contribution in [0, 0.1) is 57.7 Å². The van der Waals surface area contributed by atoms with Crippen LogP contribution < -0.4 is 0 Å². The van der Waals surface area contributed by atoms with Crippen molar-refractivity contribution in [3.05, 3.63) is 0 Å². The van der Waals surface area contributed by atoms with Crippen LogP contribution in [0.5, 0.6) is 0 Å². The summed E-state index contributed by atoms with van der Waals surface area (Å²) in [7, 11) is 0. The third-order valence-corrected chi connectivity index (χ3v) is 13.0. The van der Waals surface area contributed by atoms with Crippen molar-refractivity contribution in [1.29, 1.82) is 0 Å². The number of rotatable bonds is 5. The molecule has 0 aromatic heterocycles. The highest BCUT2D eigenvalue weighted by atomic mass is 14.7. The highest BCUT2D eigenvalue weighted by Crippen LogP contribution is 2.71. The summed E-state index contributed by atoms with van der Waals surface area (Å²) in [5.41, 5.74) is 2.11. The maximum Gasteiger partial charge on any atom is -0.0261 e. The Kier molecular flexibility index (Phi) is 6.60. The molecule has 0 nitrogen and oxygen atoms in total. The second kappa shape index (κ2) is 8.90. The van der Waals surface area contributed by atoms with Gasteiger partial charge in [0.1, 0.15) is 0 Å². The van der Waals surface area contributed by atoms with Crippen LogP contribution in [0.4, 0.5) is 0 Å². The molecule has 0 amide bonds. The van der Waals surface area contributed by atoms with Gasteiger partial charge in [0, 0.05) is 0 Å². The molecule has 0 aliphatic heterocycles. The van der Waals surface area contributed by atoms with Gasteiger partial charge in [-0.05, 0) is 122 Å². The SMILES string of the molecule is CC(C)CCC[C@@H](C)[C@H]1CC[C@H]2[C@@H]3CCC4C5(CCCCC5)CCC[C@]4(C)[C@H]3CC[C@]12C. The van der Waals surface area contributed by atoms with Gasteiger partial charge in [-0.15, -0.1) is 0 Å². The first-order chi connectivity index (χ1) is 15.3. The average molecular weight is 441 g/mol. The lowest BCUT2D eigenvalue weighted by Crippen LogP contribution is -2.57. The van der Waals surface area contributed by atoms with E-state index in [1.165, 1.54) is 38.5 Å². The zero-order valence-corrected chi connectivity index (χ0v) is 22.6. The predicted octanol–water partition coefficient (Wildman–Crippen LogP) is 10.1. The minimum Gasteiger partial charge on any atom is -0.0628 e. The van der Waals surface area contributed by atoms with Gasteiger partial charge in [-0.2, -0.15) is 0 Å². The molecule has 184 valence electrons. The van der Waals surface area contributed by atoms with Gasteiger partial charge in [-0.25, -0.2) is 0 Å². The van der Waals surface area contributed by atoms with Crippen molar-refractivity contribution in [2.45, 2.75) is 144 Å². The van der Waals surface area contributed by atoms with E-state index in [9.17, 15) is 0 Å². The van der Waals surface area contributed by atoms with Gasteiger partial charge in [0.2, 0.25) is 0 Å². The summed E-state index contributed by atoms with van der Waals surface area (Å²) in [5, 5.41) is 0. The maximum absolute atomic E-state index is 2.83. The molecule has 5 aliphatic rings. The predicted molar refractivity (Wildman–Crippen MR) is 139 cm³/mol. The van der Waals surface area contributed by atoms with E-state index in [0.29, 0.717) is 10.8 Å². The summed E-state index contributed by atoms with van der Waals surface area (Å²) in [6.45, 7) is 13.0. The molecule has 1 unspecified atom stereocenters. The van der Waals surface area contributed by atoms with E-state index in [1.807, 2.05) is 0 Å². The van der Waals surface area contributed by atoms with Crippen LogP contribution in [0.3, 0.4) is 0 Å². The molecular weight excluding hydrogens is 384 g/mol. The maximum atomic E-state index is 2.83. The van der Waals surface area contributed by atoms with Crippen molar-refractivity contribution in [1.82, 2.24) is 0 Å². The lowest BCUT2D eigenvalue weighted by atomic mass is 9.39. The Morgan fingerprint density at radius 2 is 1.38 bits per heavy atom. The average Bonchev–Trinajstić information content (AvgIpc) is 3.11. The van der Waals surface area contributed by atoms with E-state index in [0.717, 1.165) is 46.8 Å². The van der Waals surface area contributed by atoms with Crippen LogP contribution in [0.15, 0.2) is 0 Å². The summed E-state index contributed by atoms with van der Waals surface area (Å²) in [5.74, 6) is 7.11. The first-order valence-electron chi connectivity index (χ1n) is 15.3. The first kappa shape index (κ1) is 23.7. The van der Waals surface area contributed by atoms with Crippen LogP contribution in [0.2, 0.25) is 0 Å². The molecule has 0 N–H and O–H groups in total. The van der Waals surface area contributed by atoms with Gasteiger partial charge in [0.15, 0.2) is 0 Å². The molecule has 0 aromatic rings. The Bertz CT molecular complexity index is 635. The summed E-state index contributed by atoms with van der Waals surface area (Å²) in [6.07, 6.45) is 26.3. The van der Waals surface area contributed by atoms with E-state index < -0.39 is 0 Å². The Labute approximate surface area is 201 Å². The fourth-order valence-corrected chi connectivity index (χ4v) is 11.7. The van der Waals surface area contributed by atoms with Crippen molar-refractivity contribution in [2.75, 3.05) is 0 Å². The largest absolute Gasteiger partial charge is 0.0628 e. The van der Waals surface area contributed by atoms with Crippen molar-refractivity contribution >= 4 is 0 Å². The summed E-state index contributed by atoms with van der Waals surface area (Å²) >= 11 is 0. The Morgan fingerprint density at radius 3 is 2.12 bits per heavy atom. The van der Waals surface area contributed by atoms with Gasteiger partial charge in [0.25, 0.3) is 0 Å². The van der Waals surface area contributed by atoms with Gasteiger partial charge >= 0.3 is 0 Å². The standard InChI is InChI=1S/C32H56/c1-23(2)11-9-12-24(3)26-14-15-27-25-13-16-29-31(5,28(25)17-22-30(26,27)4)18-10-21-32(29)19-7-6-8-20-32/h23-29H,6-22H2,1-5H3/t24-,25+,26-,27+,28+,29?,30-,31-/m1/s1. The highest BCUT2D eigenvalue weighted by Gasteiger charge is 2.63. The monoisotopic (exact) mass is 440 g/mol. The second-order valence-corrected chi connectivity index (χ2v) is 14.8. The van der Waals surface area contributed by atoms with Crippen molar-refractivity contribution in [3.8, 4) is 0 Å². The molecule has 0 bridgehead atoms. The Balaban J connectivity index is 1.32. The zero-order chi connectivity index (χ0) is 22.6. The minimum absolute atomic E-state index is 0.665. The third kappa shape index (κ3) is 3.75. The molecule has 1 spiro atoms. The van der Waals surface area contributed by atoms with Crippen molar-refractivity contribution in [2.24, 2.45) is 57.7 Å². The summed E-state index contributed by atoms with van der Waals surface area (Å²) < 4.78 is 0. The van der Waals surface area contributed by atoms with E-state index in [-0.39, 0.29) is 0 Å². The number of fused-ring (bicyclic) bond motifs is 6. The number of hydrogen-bond acceptors (Lipinski definition) is 0. The molecule has 32 heavy (non-hydrogen) atoms. The molecule has 5 saturated carbocycles. The molecule has 5 aliphatic carbocycles. The fraction of sp³-hybridized carbons (Fsp3) is 1.00. The Hall–Kier alpha value is 0. The van der Waals surface area contributed by atoms with Gasteiger partial charge in [0.05, 0.1) is 0 Å². The van der Waals surface area contributed by atoms with Crippen LogP contribution in [-0.4, -0.2) is 0 Å². The van der Waals surface area contributed by atoms with Gasteiger partial charge in [-0.3, -0.25) is 0 Å². The lowest BCUT2D eigenvalue weighted by Gasteiger charge is -2.65. The molecule has 8 atom stereocenters. The third-order valence-electron chi connectivity index (χ3n) is 13.0. The van der Waals surface area contributed by atoms with Gasteiger partial charge in [-0.1, -0.05) is 79.6 Å². The molecule has 0 radical (unpaired) electrons. The Morgan fingerprint density at radius 1 is 0.656 bits per heavy atom. The summed E-state index contributed by atoms with van der Waals surface area (Å²) in [6, 6.07) is 0. The second-order valence-electron chi connectivity index (χ2n) is 14.8. The van der Waals surface area contributed by atoms with Crippen molar-refractivity contribution in [3.63, 3.8) is 0 Å². The molecule has 0 aromatic carbocycles. The van der Waals surface area contributed by atoms with Crippen LogP contribution in [-0.2, 0) is 0 Å². The topological polar surface area (TPSA) is 0 Å².